The number of pyridine rings is 2. The van der Waals surface area contributed by atoms with E-state index in [1.165, 1.54) is 16.7 Å². The highest BCUT2D eigenvalue weighted by molar-refractivity contribution is 7.90. The van der Waals surface area contributed by atoms with Crippen molar-refractivity contribution in [2.24, 2.45) is 11.3 Å². The third-order valence-electron chi connectivity index (χ3n) is 11.8. The Morgan fingerprint density at radius 2 is 1.89 bits per heavy atom. The van der Waals surface area contributed by atoms with Crippen molar-refractivity contribution < 1.29 is 27.4 Å². The van der Waals surface area contributed by atoms with Crippen LogP contribution in [0.4, 0.5) is 5.69 Å². The average molecular weight is 864 g/mol. The number of hydrogen-bond acceptors (Lipinski definition) is 11. The van der Waals surface area contributed by atoms with Crippen LogP contribution < -0.4 is 19.1 Å². The number of anilines is 1. The topological polar surface area (TPSA) is 163 Å². The Labute approximate surface area is 361 Å². The van der Waals surface area contributed by atoms with E-state index in [0.29, 0.717) is 30.5 Å². The fourth-order valence-corrected chi connectivity index (χ4v) is 9.41. The molecule has 1 atom stereocenters. The maximum absolute atomic E-state index is 13.9. The first-order valence-corrected chi connectivity index (χ1v) is 22.7. The number of halogens is 1. The van der Waals surface area contributed by atoms with Gasteiger partial charge < -0.3 is 24.1 Å². The Morgan fingerprint density at radius 1 is 1.07 bits per heavy atom. The van der Waals surface area contributed by atoms with Crippen molar-refractivity contribution >= 4 is 49.8 Å². The summed E-state index contributed by atoms with van der Waals surface area (Å²) in [5.74, 6) is 0.0158. The number of nitrogens with zero attached hydrogens (tertiary/aromatic N) is 5. The Balaban J connectivity index is 0.984. The number of piperazine rings is 1. The Bertz CT molecular complexity index is 2570. The third-order valence-corrected chi connectivity index (χ3v) is 13.4. The van der Waals surface area contributed by atoms with Gasteiger partial charge in [-0.1, -0.05) is 43.2 Å². The smallest absolute Gasteiger partial charge is 0.268 e. The van der Waals surface area contributed by atoms with Gasteiger partial charge in [-0.2, -0.15) is 5.26 Å². The number of rotatable bonds is 13. The first-order valence-electron chi connectivity index (χ1n) is 20.8. The molecule has 8 rings (SSSR count). The molecule has 0 bridgehead atoms. The number of hydrogen-bond donors (Lipinski definition) is 2. The molecule has 3 aliphatic rings. The van der Waals surface area contributed by atoms with Crippen molar-refractivity contribution in [3.8, 4) is 23.4 Å². The molecule has 61 heavy (non-hydrogen) atoms. The second-order valence-corrected chi connectivity index (χ2v) is 19.0. The molecule has 5 heterocycles. The molecule has 13 nitrogen and oxygen atoms in total. The number of amides is 1. The molecule has 2 fully saturated rings. The lowest BCUT2D eigenvalue weighted by Gasteiger charge is -2.39. The standard InChI is InChI=1S/C46H50ClN7O6S/c1-46(2)14-11-34(41(25-46)32-5-7-36(47)8-6-32)29-53-16-18-54(19-17-53)37-9-10-40(42(24-37)60-38-22-33-12-15-49-43(33)50-27-38)44(55)52-61(56,57)39-23-35(26-48)45(51-28-39)59-21-13-31-4-3-20-58-30-31/h5-10,12,15,22-24,27-28,31H,3-4,11,13-14,16-21,25,29-30H2,1-2H3,(H,49,50)(H,52,55). The minimum Gasteiger partial charge on any atom is -0.477 e. The lowest BCUT2D eigenvalue weighted by Crippen LogP contribution is -2.47. The van der Waals surface area contributed by atoms with Gasteiger partial charge in [-0.25, -0.2) is 23.1 Å². The van der Waals surface area contributed by atoms with Crippen molar-refractivity contribution in [1.82, 2.24) is 24.6 Å². The van der Waals surface area contributed by atoms with E-state index in [4.69, 9.17) is 25.8 Å². The summed E-state index contributed by atoms with van der Waals surface area (Å²) in [6.45, 7) is 10.5. The summed E-state index contributed by atoms with van der Waals surface area (Å²) in [5.41, 5.74) is 5.83. The molecule has 2 saturated heterocycles. The van der Waals surface area contributed by atoms with E-state index >= 15 is 0 Å². The van der Waals surface area contributed by atoms with Gasteiger partial charge in [0.25, 0.3) is 15.9 Å². The summed E-state index contributed by atoms with van der Waals surface area (Å²) in [4.78, 5) is 29.9. The quantitative estimate of drug-likeness (QED) is 0.117. The monoisotopic (exact) mass is 863 g/mol. The number of allylic oxidation sites excluding steroid dienone is 1. The van der Waals surface area contributed by atoms with E-state index in [-0.39, 0.29) is 33.1 Å². The lowest BCUT2D eigenvalue weighted by atomic mass is 9.72. The van der Waals surface area contributed by atoms with Crippen molar-refractivity contribution in [3.63, 3.8) is 0 Å². The summed E-state index contributed by atoms with van der Waals surface area (Å²) in [5, 5.41) is 11.4. The largest absolute Gasteiger partial charge is 0.477 e. The van der Waals surface area contributed by atoms with E-state index in [1.54, 1.807) is 30.6 Å². The van der Waals surface area contributed by atoms with Gasteiger partial charge in [0.1, 0.15) is 33.7 Å². The summed E-state index contributed by atoms with van der Waals surface area (Å²) >= 11 is 6.24. The van der Waals surface area contributed by atoms with Gasteiger partial charge in [-0.05, 0) is 103 Å². The predicted octanol–water partition coefficient (Wildman–Crippen LogP) is 8.38. The highest BCUT2D eigenvalue weighted by Crippen LogP contribution is 2.43. The number of aromatic amines is 1. The molecule has 15 heteroatoms. The molecule has 1 amide bonds. The molecule has 318 valence electrons. The van der Waals surface area contributed by atoms with Crippen LogP contribution in [0.25, 0.3) is 16.6 Å². The molecular formula is C46H50ClN7O6S. The molecule has 1 unspecified atom stereocenters. The number of ether oxygens (including phenoxy) is 3. The van der Waals surface area contributed by atoms with Crippen LogP contribution >= 0.6 is 11.6 Å². The Kier molecular flexibility index (Phi) is 12.6. The number of benzene rings is 2. The first-order chi connectivity index (χ1) is 29.4. The Hall–Kier alpha value is -5.46. The molecule has 0 saturated carbocycles. The molecule has 5 aromatic rings. The zero-order valence-electron chi connectivity index (χ0n) is 34.5. The minimum absolute atomic E-state index is 0.00197. The SMILES string of the molecule is CC1(C)CCC(CN2CCN(c3ccc(C(=O)NS(=O)(=O)c4cnc(OCCC5CCCOC5)c(C#N)c4)c(Oc4cnc5[nH]ccc5c4)c3)CC2)=C(c2ccc(Cl)cc2)C1. The molecule has 2 aromatic carbocycles. The van der Waals surface area contributed by atoms with Crippen molar-refractivity contribution in [3.05, 3.63) is 107 Å². The summed E-state index contributed by atoms with van der Waals surface area (Å²) in [6, 6.07) is 20.1. The van der Waals surface area contributed by atoms with Crippen molar-refractivity contribution in [2.75, 3.05) is 57.4 Å². The molecule has 0 spiro atoms. The number of nitrogens with one attached hydrogen (secondary N) is 2. The van der Waals surface area contributed by atoms with Crippen LogP contribution in [0.1, 0.15) is 73.9 Å². The highest BCUT2D eigenvalue weighted by atomic mass is 35.5. The zero-order chi connectivity index (χ0) is 42.6. The second kappa shape index (κ2) is 18.3. The van der Waals surface area contributed by atoms with Crippen LogP contribution in [0.5, 0.6) is 17.4 Å². The number of fused-ring (bicyclic) bond motifs is 1. The maximum Gasteiger partial charge on any atom is 0.268 e. The minimum atomic E-state index is -4.47. The number of sulfonamides is 1. The lowest BCUT2D eigenvalue weighted by molar-refractivity contribution is 0.0459. The molecular weight excluding hydrogens is 814 g/mol. The summed E-state index contributed by atoms with van der Waals surface area (Å²) < 4.78 is 47.0. The molecule has 0 radical (unpaired) electrons. The zero-order valence-corrected chi connectivity index (χ0v) is 36.0. The number of nitriles is 1. The molecule has 3 aromatic heterocycles. The molecule has 2 aliphatic heterocycles. The van der Waals surface area contributed by atoms with E-state index in [1.807, 2.05) is 30.3 Å². The van der Waals surface area contributed by atoms with Gasteiger partial charge in [-0.3, -0.25) is 9.69 Å². The van der Waals surface area contributed by atoms with Crippen LogP contribution in [0.15, 0.2) is 89.7 Å². The van der Waals surface area contributed by atoms with Crippen LogP contribution in [0.3, 0.4) is 0 Å². The van der Waals surface area contributed by atoms with E-state index < -0.39 is 15.9 Å². The summed E-state index contributed by atoms with van der Waals surface area (Å²) in [6.07, 6.45) is 10.4. The number of carbonyl (C=O) groups excluding carboxylic acids is 1. The van der Waals surface area contributed by atoms with E-state index in [9.17, 15) is 18.5 Å². The predicted molar refractivity (Wildman–Crippen MR) is 235 cm³/mol. The fourth-order valence-electron chi connectivity index (χ4n) is 8.35. The van der Waals surface area contributed by atoms with Crippen LogP contribution in [0, 0.1) is 22.7 Å². The van der Waals surface area contributed by atoms with Gasteiger partial charge in [-0.15, -0.1) is 0 Å². The molecule has 2 N–H and O–H groups in total. The molecule has 1 aliphatic carbocycles. The maximum atomic E-state index is 13.9. The normalized spacial score (nSPS) is 18.5. The first kappa shape index (κ1) is 42.2. The summed E-state index contributed by atoms with van der Waals surface area (Å²) in [7, 11) is -4.47. The van der Waals surface area contributed by atoms with E-state index in [0.717, 1.165) is 106 Å². The van der Waals surface area contributed by atoms with Gasteiger partial charge in [0.2, 0.25) is 5.88 Å². The van der Waals surface area contributed by atoms with Gasteiger partial charge in [0.05, 0.1) is 24.6 Å². The van der Waals surface area contributed by atoms with Gasteiger partial charge in [0, 0.05) is 74.3 Å². The Morgan fingerprint density at radius 3 is 2.66 bits per heavy atom. The number of H-pyrrole nitrogens is 1. The van der Waals surface area contributed by atoms with Crippen molar-refractivity contribution in [2.45, 2.75) is 57.3 Å². The number of aromatic nitrogens is 3. The fraction of sp³-hybridized carbons (Fsp3) is 0.391. The van der Waals surface area contributed by atoms with Crippen LogP contribution in [-0.2, 0) is 14.8 Å². The van der Waals surface area contributed by atoms with E-state index in [2.05, 4.69) is 55.5 Å². The van der Waals surface area contributed by atoms with Crippen molar-refractivity contribution in [1.29, 1.82) is 5.26 Å². The van der Waals surface area contributed by atoms with Gasteiger partial charge in [0.15, 0.2) is 0 Å². The average Bonchev–Trinajstić information content (AvgIpc) is 3.73. The van der Waals surface area contributed by atoms with Gasteiger partial charge >= 0.3 is 0 Å². The third kappa shape index (κ3) is 10.2. The van der Waals surface area contributed by atoms with Crippen LogP contribution in [0.2, 0.25) is 5.02 Å². The number of carbonyl (C=O) groups is 1. The van der Waals surface area contributed by atoms with Crippen LogP contribution in [-0.4, -0.2) is 86.7 Å². The highest BCUT2D eigenvalue weighted by Gasteiger charge is 2.30. The second-order valence-electron chi connectivity index (χ2n) is 16.9.